The lowest BCUT2D eigenvalue weighted by Gasteiger charge is -2.44. The second-order valence-corrected chi connectivity index (χ2v) is 9.23. The largest absolute Gasteiger partial charge is 0.385 e. The lowest BCUT2D eigenvalue weighted by Crippen LogP contribution is -2.58. The first-order valence-electron chi connectivity index (χ1n) is 10.5. The number of likely N-dealkylation sites (tertiary alicyclic amines) is 1. The normalized spacial score (nSPS) is 24.8. The van der Waals surface area contributed by atoms with Crippen molar-refractivity contribution < 1.29 is 14.3 Å². The van der Waals surface area contributed by atoms with Crippen molar-refractivity contribution in [1.82, 2.24) is 19.7 Å². The predicted octanol–water partition coefficient (Wildman–Crippen LogP) is 2.22. The second-order valence-electron chi connectivity index (χ2n) is 8.08. The third-order valence-corrected chi connectivity index (χ3v) is 7.59. The van der Waals surface area contributed by atoms with E-state index in [0.717, 1.165) is 25.2 Å². The first-order chi connectivity index (χ1) is 14.2. The third-order valence-electron chi connectivity index (χ3n) is 6.45. The topological polar surface area (TPSA) is 66.0 Å². The molecule has 1 aromatic rings. The maximum atomic E-state index is 13.5. The zero-order chi connectivity index (χ0) is 20.3. The summed E-state index contributed by atoms with van der Waals surface area (Å²) in [6, 6.07) is 6.03. The van der Waals surface area contributed by atoms with Gasteiger partial charge in [0.15, 0.2) is 0 Å². The summed E-state index contributed by atoms with van der Waals surface area (Å²) in [4.78, 5) is 36.9. The molecule has 3 aliphatic rings. The number of amides is 3. The van der Waals surface area contributed by atoms with Gasteiger partial charge in [-0.2, -0.15) is 11.8 Å². The Morgan fingerprint density at radius 2 is 2.10 bits per heavy atom. The van der Waals surface area contributed by atoms with E-state index in [1.807, 2.05) is 34.9 Å². The number of pyridine rings is 1. The Morgan fingerprint density at radius 3 is 2.76 bits per heavy atom. The van der Waals surface area contributed by atoms with E-state index < -0.39 is 5.54 Å². The number of carbonyl (C=O) groups is 2. The number of urea groups is 1. The van der Waals surface area contributed by atoms with Crippen molar-refractivity contribution in [3.63, 3.8) is 0 Å². The molecule has 1 aromatic heterocycles. The van der Waals surface area contributed by atoms with E-state index in [9.17, 15) is 9.59 Å². The smallest absolute Gasteiger partial charge is 0.328 e. The fraction of sp³-hybridized carbons (Fsp3) is 0.667. The lowest BCUT2D eigenvalue weighted by molar-refractivity contribution is -0.136. The van der Waals surface area contributed by atoms with Crippen LogP contribution in [-0.2, 0) is 16.1 Å². The number of hydrogen-bond donors (Lipinski definition) is 0. The Balaban J connectivity index is 1.52. The molecule has 0 saturated carbocycles. The van der Waals surface area contributed by atoms with Crippen molar-refractivity contribution in [2.75, 3.05) is 44.9 Å². The maximum absolute atomic E-state index is 13.5. The highest BCUT2D eigenvalue weighted by Crippen LogP contribution is 2.39. The van der Waals surface area contributed by atoms with Gasteiger partial charge in [0, 0.05) is 51.3 Å². The van der Waals surface area contributed by atoms with Crippen molar-refractivity contribution >= 4 is 23.7 Å². The Bertz CT molecular complexity index is 718. The van der Waals surface area contributed by atoms with Crippen LogP contribution in [0.15, 0.2) is 24.4 Å². The van der Waals surface area contributed by atoms with Crippen LogP contribution in [0.25, 0.3) is 0 Å². The molecule has 3 fully saturated rings. The highest BCUT2D eigenvalue weighted by Gasteiger charge is 2.57. The van der Waals surface area contributed by atoms with E-state index in [1.165, 1.54) is 22.8 Å². The fourth-order valence-electron chi connectivity index (χ4n) is 4.80. The third kappa shape index (κ3) is 4.02. The van der Waals surface area contributed by atoms with Crippen LogP contribution in [0.2, 0.25) is 0 Å². The minimum absolute atomic E-state index is 0.0500. The molecule has 0 bridgehead atoms. The standard InChI is InChI=1S/C21H30N4O3S/c1-28-13-4-10-25-20(27)24(15-17-5-2-3-9-22-17)19(26)21(25)7-11-23(12-8-21)18-6-14-29-16-18/h2-3,5,9,18H,4,6-8,10-16H2,1H3/t18-/m1/s1. The van der Waals surface area contributed by atoms with Gasteiger partial charge < -0.3 is 9.64 Å². The van der Waals surface area contributed by atoms with Crippen LogP contribution in [0.4, 0.5) is 4.79 Å². The highest BCUT2D eigenvalue weighted by atomic mass is 32.2. The van der Waals surface area contributed by atoms with Crippen LogP contribution >= 0.6 is 11.8 Å². The van der Waals surface area contributed by atoms with E-state index in [1.54, 1.807) is 13.3 Å². The molecule has 8 heteroatoms. The summed E-state index contributed by atoms with van der Waals surface area (Å²) >= 11 is 2.01. The van der Waals surface area contributed by atoms with Crippen LogP contribution in [0.3, 0.4) is 0 Å². The molecule has 3 amide bonds. The fourth-order valence-corrected chi connectivity index (χ4v) is 6.06. The molecule has 158 valence electrons. The predicted molar refractivity (Wildman–Crippen MR) is 113 cm³/mol. The van der Waals surface area contributed by atoms with Crippen molar-refractivity contribution in [3.8, 4) is 0 Å². The molecule has 4 heterocycles. The molecule has 0 N–H and O–H groups in total. The summed E-state index contributed by atoms with van der Waals surface area (Å²) in [6.07, 6.45) is 5.09. The Morgan fingerprint density at radius 1 is 1.28 bits per heavy atom. The molecule has 1 spiro atoms. The van der Waals surface area contributed by atoms with Gasteiger partial charge in [-0.25, -0.2) is 4.79 Å². The zero-order valence-corrected chi connectivity index (χ0v) is 17.9. The molecule has 1 atom stereocenters. The molecule has 4 rings (SSSR count). The first kappa shape index (κ1) is 20.6. The van der Waals surface area contributed by atoms with E-state index in [2.05, 4.69) is 9.88 Å². The Labute approximate surface area is 176 Å². The number of imide groups is 1. The SMILES string of the molecule is COCCCN1C(=O)N(Cc2ccccn2)C(=O)C12CCN([C@@H]1CCSC1)CC2. The number of hydrogen-bond acceptors (Lipinski definition) is 6. The van der Waals surface area contributed by atoms with Crippen molar-refractivity contribution in [2.45, 2.75) is 43.8 Å². The van der Waals surface area contributed by atoms with Gasteiger partial charge in [0.25, 0.3) is 5.91 Å². The van der Waals surface area contributed by atoms with Crippen LogP contribution in [0, 0.1) is 0 Å². The Hall–Kier alpha value is -1.64. The molecule has 29 heavy (non-hydrogen) atoms. The first-order valence-corrected chi connectivity index (χ1v) is 11.7. The van der Waals surface area contributed by atoms with E-state index in [0.29, 0.717) is 32.0 Å². The van der Waals surface area contributed by atoms with Crippen LogP contribution in [-0.4, -0.2) is 88.1 Å². The summed E-state index contributed by atoms with van der Waals surface area (Å²) in [5.41, 5.74) is 0.0329. The molecule has 7 nitrogen and oxygen atoms in total. The minimum atomic E-state index is -0.706. The maximum Gasteiger partial charge on any atom is 0.328 e. The zero-order valence-electron chi connectivity index (χ0n) is 17.1. The van der Waals surface area contributed by atoms with Crippen LogP contribution in [0.5, 0.6) is 0 Å². The Kier molecular flexibility index (Phi) is 6.41. The van der Waals surface area contributed by atoms with Crippen molar-refractivity contribution in [3.05, 3.63) is 30.1 Å². The second kappa shape index (κ2) is 9.02. The number of carbonyl (C=O) groups excluding carboxylic acids is 2. The summed E-state index contributed by atoms with van der Waals surface area (Å²) in [6.45, 7) is 3.13. The number of rotatable bonds is 7. The molecular formula is C21H30N4O3S. The highest BCUT2D eigenvalue weighted by molar-refractivity contribution is 7.99. The van der Waals surface area contributed by atoms with E-state index >= 15 is 0 Å². The number of aromatic nitrogens is 1. The molecular weight excluding hydrogens is 388 g/mol. The van der Waals surface area contributed by atoms with Crippen molar-refractivity contribution in [1.29, 1.82) is 0 Å². The molecule has 0 aliphatic carbocycles. The van der Waals surface area contributed by atoms with E-state index in [4.69, 9.17) is 4.74 Å². The number of thioether (sulfide) groups is 1. The van der Waals surface area contributed by atoms with Crippen LogP contribution in [0.1, 0.15) is 31.4 Å². The lowest BCUT2D eigenvalue weighted by atomic mass is 9.85. The number of ether oxygens (including phenoxy) is 1. The molecule has 3 aliphatic heterocycles. The number of piperidine rings is 1. The monoisotopic (exact) mass is 418 g/mol. The van der Waals surface area contributed by atoms with Gasteiger partial charge >= 0.3 is 6.03 Å². The quantitative estimate of drug-likeness (QED) is 0.500. The molecule has 3 saturated heterocycles. The molecule has 0 aromatic carbocycles. The van der Waals surface area contributed by atoms with Gasteiger partial charge in [-0.3, -0.25) is 19.6 Å². The van der Waals surface area contributed by atoms with Gasteiger partial charge in [0.05, 0.1) is 12.2 Å². The summed E-state index contributed by atoms with van der Waals surface area (Å²) in [7, 11) is 1.66. The van der Waals surface area contributed by atoms with E-state index in [-0.39, 0.29) is 18.5 Å². The molecule has 0 unspecified atom stereocenters. The number of methoxy groups -OCH3 is 1. The van der Waals surface area contributed by atoms with Crippen molar-refractivity contribution in [2.24, 2.45) is 0 Å². The summed E-state index contributed by atoms with van der Waals surface area (Å²) < 4.78 is 5.19. The summed E-state index contributed by atoms with van der Waals surface area (Å²) in [5, 5.41) is 0. The van der Waals surface area contributed by atoms with Crippen LogP contribution < -0.4 is 0 Å². The van der Waals surface area contributed by atoms with Gasteiger partial charge in [0.2, 0.25) is 0 Å². The average molecular weight is 419 g/mol. The van der Waals surface area contributed by atoms with Gasteiger partial charge in [0.1, 0.15) is 5.54 Å². The average Bonchev–Trinajstić information content (AvgIpc) is 3.35. The van der Waals surface area contributed by atoms with Gasteiger partial charge in [-0.1, -0.05) is 6.07 Å². The van der Waals surface area contributed by atoms with Gasteiger partial charge in [-0.05, 0) is 43.6 Å². The number of nitrogens with zero attached hydrogens (tertiary/aromatic N) is 4. The molecule has 0 radical (unpaired) electrons. The minimum Gasteiger partial charge on any atom is -0.385 e. The summed E-state index contributed by atoms with van der Waals surface area (Å²) in [5.74, 6) is 2.36. The van der Waals surface area contributed by atoms with Gasteiger partial charge in [-0.15, -0.1) is 0 Å².